The van der Waals surface area contributed by atoms with Crippen LogP contribution < -0.4 is 0 Å². The van der Waals surface area contributed by atoms with Crippen molar-refractivity contribution in [1.29, 1.82) is 0 Å². The van der Waals surface area contributed by atoms with Crippen LogP contribution in [0.5, 0.6) is 0 Å². The molecule has 1 fully saturated rings. The third-order valence-corrected chi connectivity index (χ3v) is 5.94. The van der Waals surface area contributed by atoms with E-state index in [-0.39, 0.29) is 0 Å². The number of fused-ring (bicyclic) bond motifs is 7. The van der Waals surface area contributed by atoms with Gasteiger partial charge in [-0.15, -0.1) is 0 Å². The number of aromatic nitrogens is 1. The van der Waals surface area contributed by atoms with Gasteiger partial charge in [-0.25, -0.2) is 0 Å². The van der Waals surface area contributed by atoms with E-state index in [1.54, 1.807) is 0 Å². The Labute approximate surface area is 152 Å². The summed E-state index contributed by atoms with van der Waals surface area (Å²) >= 11 is 0. The molecule has 0 bridgehead atoms. The number of ether oxygens (including phenoxy) is 1. The second-order valence-electron chi connectivity index (χ2n) is 7.59. The highest BCUT2D eigenvalue weighted by Gasteiger charge is 2.27. The predicted molar refractivity (Wildman–Crippen MR) is 106 cm³/mol. The first-order chi connectivity index (χ1) is 12.8. The van der Waals surface area contributed by atoms with Gasteiger partial charge in [0, 0.05) is 21.7 Å². The lowest BCUT2D eigenvalue weighted by Crippen LogP contribution is -2.04. The smallest absolute Gasteiger partial charge is 0.0988 e. The zero-order chi connectivity index (χ0) is 17.3. The van der Waals surface area contributed by atoms with Crippen LogP contribution in [0, 0.1) is 12.1 Å². The zero-order valence-corrected chi connectivity index (χ0v) is 14.8. The molecule has 1 aliphatic carbocycles. The van der Waals surface area contributed by atoms with Crippen LogP contribution in [0.3, 0.4) is 0 Å². The van der Waals surface area contributed by atoms with Gasteiger partial charge in [0.05, 0.1) is 24.8 Å². The maximum Gasteiger partial charge on any atom is 0.0988 e. The molecule has 6 rings (SSSR count). The van der Waals surface area contributed by atoms with Crippen LogP contribution in [0.1, 0.15) is 30.4 Å². The van der Waals surface area contributed by atoms with Gasteiger partial charge in [-0.1, -0.05) is 43.3 Å². The molecule has 2 heteroatoms. The quantitative estimate of drug-likeness (QED) is 0.444. The monoisotopic (exact) mass is 337 g/mol. The molecule has 2 atom stereocenters. The van der Waals surface area contributed by atoms with E-state index in [1.807, 2.05) is 6.07 Å². The molecule has 0 N–H and O–H groups in total. The van der Waals surface area contributed by atoms with E-state index in [0.717, 1.165) is 19.6 Å². The Kier molecular flexibility index (Phi) is 2.84. The van der Waals surface area contributed by atoms with Gasteiger partial charge in [0.25, 0.3) is 0 Å². The van der Waals surface area contributed by atoms with Crippen molar-refractivity contribution in [2.45, 2.75) is 31.9 Å². The van der Waals surface area contributed by atoms with Gasteiger partial charge in [-0.3, -0.25) is 0 Å². The molecule has 1 aromatic heterocycles. The summed E-state index contributed by atoms with van der Waals surface area (Å²) < 4.78 is 7.99. The van der Waals surface area contributed by atoms with E-state index >= 15 is 0 Å². The van der Waals surface area contributed by atoms with E-state index in [0.29, 0.717) is 12.0 Å². The summed E-state index contributed by atoms with van der Waals surface area (Å²) in [7, 11) is 0. The first kappa shape index (κ1) is 14.4. The normalized spacial score (nSPS) is 21.3. The van der Waals surface area contributed by atoms with Gasteiger partial charge >= 0.3 is 0 Å². The van der Waals surface area contributed by atoms with Crippen molar-refractivity contribution in [3.63, 3.8) is 0 Å². The number of nitrogens with zero attached hydrogens (tertiary/aromatic N) is 1. The molecule has 2 unspecified atom stereocenters. The molecule has 1 saturated heterocycles. The summed E-state index contributed by atoms with van der Waals surface area (Å²) in [5.74, 6) is 0.565. The van der Waals surface area contributed by atoms with E-state index in [1.165, 1.54) is 43.7 Å². The lowest BCUT2D eigenvalue weighted by Gasteiger charge is -2.19. The van der Waals surface area contributed by atoms with Crippen LogP contribution in [0.2, 0.25) is 0 Å². The highest BCUT2D eigenvalue weighted by Crippen LogP contribution is 2.41. The number of epoxide rings is 1. The molecular weight excluding hydrogens is 318 g/mol. The summed E-state index contributed by atoms with van der Waals surface area (Å²) in [4.78, 5) is 0. The summed E-state index contributed by atoms with van der Waals surface area (Å²) in [6.07, 6.45) is 6.11. The third-order valence-electron chi connectivity index (χ3n) is 5.94. The van der Waals surface area contributed by atoms with Crippen LogP contribution in [-0.2, 0) is 11.3 Å². The standard InChI is InChI=1S/C24H19NO/c1-15-5-4-8-20-18(15)10-12-22-24(20)23-19-7-3-2-6-16(19)9-11-21(23)25(22)13-17-14-26-17/h2,4,6,8-12,15,17H,5,13-14H2,1H3. The van der Waals surface area contributed by atoms with Crippen molar-refractivity contribution in [2.75, 3.05) is 6.61 Å². The lowest BCUT2D eigenvalue weighted by atomic mass is 9.86. The molecule has 2 heterocycles. The highest BCUT2D eigenvalue weighted by molar-refractivity contribution is 6.22. The second kappa shape index (κ2) is 5.13. The predicted octanol–water partition coefficient (Wildman–Crippen LogP) is 5.47. The molecule has 126 valence electrons. The van der Waals surface area contributed by atoms with Crippen molar-refractivity contribution >= 4 is 38.7 Å². The molecular formula is C24H19NO. The van der Waals surface area contributed by atoms with Crippen molar-refractivity contribution < 1.29 is 4.74 Å². The molecule has 3 aromatic carbocycles. The maximum atomic E-state index is 5.55. The largest absolute Gasteiger partial charge is 0.371 e. The summed E-state index contributed by atoms with van der Waals surface area (Å²) in [5, 5.41) is 5.07. The third kappa shape index (κ3) is 1.92. The Hall–Kier alpha value is -2.76. The second-order valence-corrected chi connectivity index (χ2v) is 7.59. The molecule has 2 aliphatic rings. The van der Waals surface area contributed by atoms with Gasteiger partial charge in [0.1, 0.15) is 0 Å². The van der Waals surface area contributed by atoms with Crippen LogP contribution in [0.15, 0.2) is 42.5 Å². The van der Waals surface area contributed by atoms with E-state index in [2.05, 4.69) is 66.1 Å². The molecule has 26 heavy (non-hydrogen) atoms. The van der Waals surface area contributed by atoms with Gasteiger partial charge in [0.2, 0.25) is 0 Å². The number of hydrogen-bond donors (Lipinski definition) is 0. The minimum absolute atomic E-state index is 0.348. The Morgan fingerprint density at radius 3 is 2.85 bits per heavy atom. The molecule has 0 radical (unpaired) electrons. The van der Waals surface area contributed by atoms with Crippen LogP contribution in [0.4, 0.5) is 0 Å². The van der Waals surface area contributed by atoms with E-state index in [9.17, 15) is 0 Å². The van der Waals surface area contributed by atoms with Crippen molar-refractivity contribution in [3.05, 3.63) is 65.7 Å². The van der Waals surface area contributed by atoms with Crippen LogP contribution >= 0.6 is 0 Å². The van der Waals surface area contributed by atoms with E-state index < -0.39 is 0 Å². The fourth-order valence-corrected chi connectivity index (χ4v) is 4.55. The summed E-state index contributed by atoms with van der Waals surface area (Å²) in [6.45, 7) is 4.11. The van der Waals surface area contributed by atoms with Crippen LogP contribution in [-0.4, -0.2) is 17.3 Å². The Bertz CT molecular complexity index is 1210. The van der Waals surface area contributed by atoms with Crippen molar-refractivity contribution in [2.24, 2.45) is 0 Å². The first-order valence-corrected chi connectivity index (χ1v) is 9.39. The van der Waals surface area contributed by atoms with Crippen LogP contribution in [0.25, 0.3) is 38.7 Å². The Morgan fingerprint density at radius 1 is 1.12 bits per heavy atom. The number of allylic oxidation sites excluding steroid dienone is 1. The molecule has 0 amide bonds. The molecule has 1 aliphatic heterocycles. The Balaban J connectivity index is 1.83. The van der Waals surface area contributed by atoms with E-state index in [4.69, 9.17) is 4.74 Å². The molecule has 0 saturated carbocycles. The number of hydrogen-bond acceptors (Lipinski definition) is 1. The van der Waals surface area contributed by atoms with Crippen molar-refractivity contribution in [3.8, 4) is 0 Å². The Morgan fingerprint density at radius 2 is 1.96 bits per heavy atom. The minimum Gasteiger partial charge on any atom is -0.371 e. The summed E-state index contributed by atoms with van der Waals surface area (Å²) in [6, 6.07) is 19.7. The fourth-order valence-electron chi connectivity index (χ4n) is 4.55. The van der Waals surface area contributed by atoms with Crippen molar-refractivity contribution in [1.82, 2.24) is 4.57 Å². The number of rotatable bonds is 2. The molecule has 0 spiro atoms. The fraction of sp³-hybridized carbons (Fsp3) is 0.250. The van der Waals surface area contributed by atoms with Gasteiger partial charge in [0.15, 0.2) is 0 Å². The average molecular weight is 337 g/mol. The zero-order valence-electron chi connectivity index (χ0n) is 14.8. The minimum atomic E-state index is 0.348. The maximum absolute atomic E-state index is 5.55. The number of benzene rings is 2. The molecule has 4 aromatic rings. The average Bonchev–Trinajstić information content (AvgIpc) is 3.43. The first-order valence-electron chi connectivity index (χ1n) is 9.39. The van der Waals surface area contributed by atoms with Gasteiger partial charge in [-0.05, 0) is 53.1 Å². The molecule has 2 nitrogen and oxygen atoms in total. The van der Waals surface area contributed by atoms with Gasteiger partial charge < -0.3 is 9.30 Å². The lowest BCUT2D eigenvalue weighted by molar-refractivity contribution is 0.387. The SMILES string of the molecule is CC1CC=Cc2c1ccc1c2c2c3c#cccc3ccc2n1CC1CO1. The highest BCUT2D eigenvalue weighted by atomic mass is 16.6. The topological polar surface area (TPSA) is 17.5 Å². The summed E-state index contributed by atoms with van der Waals surface area (Å²) in [5.41, 5.74) is 5.42. The van der Waals surface area contributed by atoms with Gasteiger partial charge in [-0.2, -0.15) is 0 Å².